The van der Waals surface area contributed by atoms with Gasteiger partial charge in [0.1, 0.15) is 0 Å². The van der Waals surface area contributed by atoms with Crippen LogP contribution < -0.4 is 0 Å². The molecule has 0 aromatic heterocycles. The van der Waals surface area contributed by atoms with Crippen molar-refractivity contribution in [3.8, 4) is 0 Å². The Kier molecular flexibility index (Phi) is 11.8. The van der Waals surface area contributed by atoms with E-state index in [1.54, 1.807) is 0 Å². The van der Waals surface area contributed by atoms with Gasteiger partial charge in [0, 0.05) is 0 Å². The maximum absolute atomic E-state index is 2.52. The van der Waals surface area contributed by atoms with Crippen molar-refractivity contribution in [2.75, 3.05) is 0 Å². The SMILES string of the molecule is CCCCCC(C)C(C)C(CCC)CCC(C)CC. The highest BCUT2D eigenvalue weighted by molar-refractivity contribution is 4.72. The number of unbranched alkanes of at least 4 members (excludes halogenated alkanes) is 2. The molecule has 4 unspecified atom stereocenters. The molecule has 0 spiro atoms. The molecule has 0 heteroatoms. The second-order valence-corrected chi connectivity index (χ2v) is 6.97. The van der Waals surface area contributed by atoms with E-state index in [-0.39, 0.29) is 0 Å². The Bertz CT molecular complexity index is 184. The fourth-order valence-corrected chi connectivity index (χ4v) is 3.19. The van der Waals surface area contributed by atoms with Gasteiger partial charge >= 0.3 is 0 Å². The van der Waals surface area contributed by atoms with E-state index in [9.17, 15) is 0 Å². The Balaban J connectivity index is 4.17. The molecule has 0 saturated heterocycles. The molecular weight excluding hydrogens is 228 g/mol. The van der Waals surface area contributed by atoms with Gasteiger partial charge in [-0.25, -0.2) is 0 Å². The zero-order valence-electron chi connectivity index (χ0n) is 14.7. The molecule has 0 amide bonds. The van der Waals surface area contributed by atoms with E-state index < -0.39 is 0 Å². The molecule has 19 heavy (non-hydrogen) atoms. The van der Waals surface area contributed by atoms with Gasteiger partial charge in [-0.05, 0) is 30.1 Å². The average Bonchev–Trinajstić information content (AvgIpc) is 2.42. The minimum Gasteiger partial charge on any atom is -0.0654 e. The molecule has 0 aromatic rings. The van der Waals surface area contributed by atoms with Gasteiger partial charge in [0.05, 0.1) is 0 Å². The Morgan fingerprint density at radius 2 is 1.37 bits per heavy atom. The molecule has 0 aromatic carbocycles. The van der Waals surface area contributed by atoms with Crippen LogP contribution in [-0.2, 0) is 0 Å². The quantitative estimate of drug-likeness (QED) is 0.332. The maximum Gasteiger partial charge on any atom is -0.0386 e. The fraction of sp³-hybridized carbons (Fsp3) is 1.00. The smallest absolute Gasteiger partial charge is 0.0386 e. The van der Waals surface area contributed by atoms with Crippen LogP contribution in [0, 0.1) is 23.7 Å². The minimum atomic E-state index is 0.917. The zero-order chi connectivity index (χ0) is 14.7. The number of rotatable bonds is 12. The van der Waals surface area contributed by atoms with Crippen LogP contribution in [0.15, 0.2) is 0 Å². The van der Waals surface area contributed by atoms with E-state index in [4.69, 9.17) is 0 Å². The summed E-state index contributed by atoms with van der Waals surface area (Å²) in [6.07, 6.45) is 12.7. The van der Waals surface area contributed by atoms with Crippen LogP contribution in [0.4, 0.5) is 0 Å². The van der Waals surface area contributed by atoms with Crippen LogP contribution >= 0.6 is 0 Å². The summed E-state index contributed by atoms with van der Waals surface area (Å²) < 4.78 is 0. The lowest BCUT2D eigenvalue weighted by atomic mass is 9.76. The van der Waals surface area contributed by atoms with Crippen LogP contribution in [0.5, 0.6) is 0 Å². The monoisotopic (exact) mass is 268 g/mol. The molecular formula is C19H40. The molecule has 0 rings (SSSR count). The summed E-state index contributed by atoms with van der Waals surface area (Å²) in [6.45, 7) is 14.4. The highest BCUT2D eigenvalue weighted by atomic mass is 14.3. The van der Waals surface area contributed by atoms with Crippen molar-refractivity contribution in [3.63, 3.8) is 0 Å². The first kappa shape index (κ1) is 19.0. The Labute approximate surface area is 123 Å². The normalized spacial score (nSPS) is 18.0. The summed E-state index contributed by atoms with van der Waals surface area (Å²) in [5.41, 5.74) is 0. The van der Waals surface area contributed by atoms with Gasteiger partial charge in [-0.15, -0.1) is 0 Å². The summed E-state index contributed by atoms with van der Waals surface area (Å²) in [7, 11) is 0. The third-order valence-electron chi connectivity index (χ3n) is 5.29. The van der Waals surface area contributed by atoms with Gasteiger partial charge in [0.25, 0.3) is 0 Å². The van der Waals surface area contributed by atoms with Crippen LogP contribution in [0.2, 0.25) is 0 Å². The van der Waals surface area contributed by atoms with E-state index in [2.05, 4.69) is 41.5 Å². The molecule has 4 atom stereocenters. The summed E-state index contributed by atoms with van der Waals surface area (Å²) >= 11 is 0. The van der Waals surface area contributed by atoms with Crippen molar-refractivity contribution >= 4 is 0 Å². The third kappa shape index (κ3) is 8.71. The largest absolute Gasteiger partial charge is 0.0654 e. The second kappa shape index (κ2) is 11.8. The maximum atomic E-state index is 2.52. The molecule has 0 bridgehead atoms. The summed E-state index contributed by atoms with van der Waals surface area (Å²) in [5, 5.41) is 0. The number of hydrogen-bond donors (Lipinski definition) is 0. The predicted octanol–water partition coefficient (Wildman–Crippen LogP) is 7.08. The van der Waals surface area contributed by atoms with Crippen LogP contribution in [0.25, 0.3) is 0 Å². The van der Waals surface area contributed by atoms with Crippen molar-refractivity contribution < 1.29 is 0 Å². The highest BCUT2D eigenvalue weighted by Crippen LogP contribution is 2.32. The Morgan fingerprint density at radius 3 is 1.89 bits per heavy atom. The van der Waals surface area contributed by atoms with Crippen LogP contribution in [0.3, 0.4) is 0 Å². The van der Waals surface area contributed by atoms with Crippen molar-refractivity contribution in [1.29, 1.82) is 0 Å². The van der Waals surface area contributed by atoms with Crippen LogP contribution in [0.1, 0.15) is 99.3 Å². The average molecular weight is 269 g/mol. The van der Waals surface area contributed by atoms with Gasteiger partial charge in [-0.1, -0.05) is 92.9 Å². The van der Waals surface area contributed by atoms with E-state index in [0.29, 0.717) is 0 Å². The van der Waals surface area contributed by atoms with E-state index in [1.165, 1.54) is 57.8 Å². The van der Waals surface area contributed by atoms with E-state index >= 15 is 0 Å². The molecule has 0 heterocycles. The van der Waals surface area contributed by atoms with Crippen LogP contribution in [-0.4, -0.2) is 0 Å². The minimum absolute atomic E-state index is 0.917. The lowest BCUT2D eigenvalue weighted by Crippen LogP contribution is -2.20. The molecule has 116 valence electrons. The van der Waals surface area contributed by atoms with Gasteiger partial charge in [-0.2, -0.15) is 0 Å². The molecule has 0 aliphatic carbocycles. The molecule has 0 saturated carbocycles. The lowest BCUT2D eigenvalue weighted by Gasteiger charge is -2.30. The van der Waals surface area contributed by atoms with Crippen molar-refractivity contribution in [1.82, 2.24) is 0 Å². The summed E-state index contributed by atoms with van der Waals surface area (Å²) in [6, 6.07) is 0. The topological polar surface area (TPSA) is 0 Å². The van der Waals surface area contributed by atoms with Gasteiger partial charge in [0.2, 0.25) is 0 Å². The van der Waals surface area contributed by atoms with E-state index in [1.807, 2.05) is 0 Å². The molecule has 0 aliphatic heterocycles. The molecule has 0 aliphatic rings. The lowest BCUT2D eigenvalue weighted by molar-refractivity contribution is 0.209. The second-order valence-electron chi connectivity index (χ2n) is 6.97. The first-order valence-corrected chi connectivity index (χ1v) is 9.06. The Morgan fingerprint density at radius 1 is 0.684 bits per heavy atom. The number of hydrogen-bond acceptors (Lipinski definition) is 0. The first-order valence-electron chi connectivity index (χ1n) is 9.06. The highest BCUT2D eigenvalue weighted by Gasteiger charge is 2.22. The van der Waals surface area contributed by atoms with E-state index in [0.717, 1.165) is 23.7 Å². The standard InChI is InChI=1S/C19H40/c1-7-10-11-13-17(5)18(6)19(12-8-2)15-14-16(4)9-3/h16-19H,7-15H2,1-6H3. The Hall–Kier alpha value is 0. The molecule has 0 N–H and O–H groups in total. The third-order valence-corrected chi connectivity index (χ3v) is 5.29. The molecule has 0 fully saturated rings. The first-order chi connectivity index (χ1) is 9.06. The van der Waals surface area contributed by atoms with Crippen molar-refractivity contribution in [2.45, 2.75) is 99.3 Å². The van der Waals surface area contributed by atoms with Crippen molar-refractivity contribution in [2.24, 2.45) is 23.7 Å². The van der Waals surface area contributed by atoms with Gasteiger partial charge in [-0.3, -0.25) is 0 Å². The molecule has 0 radical (unpaired) electrons. The summed E-state index contributed by atoms with van der Waals surface area (Å²) in [4.78, 5) is 0. The van der Waals surface area contributed by atoms with Gasteiger partial charge < -0.3 is 0 Å². The summed E-state index contributed by atoms with van der Waals surface area (Å²) in [5.74, 6) is 3.72. The fourth-order valence-electron chi connectivity index (χ4n) is 3.19. The molecule has 0 nitrogen and oxygen atoms in total. The predicted molar refractivity (Wildman–Crippen MR) is 89.6 cm³/mol. The van der Waals surface area contributed by atoms with Gasteiger partial charge in [0.15, 0.2) is 0 Å². The zero-order valence-corrected chi connectivity index (χ0v) is 14.7. The van der Waals surface area contributed by atoms with Crippen molar-refractivity contribution in [3.05, 3.63) is 0 Å².